The molecule has 0 saturated carbocycles. The van der Waals surface area contributed by atoms with Gasteiger partial charge in [0, 0.05) is 17.3 Å². The van der Waals surface area contributed by atoms with Crippen LogP contribution in [0.2, 0.25) is 0 Å². The molecule has 2 aromatic heterocycles. The average molecular weight is 315 g/mol. The summed E-state index contributed by atoms with van der Waals surface area (Å²) in [7, 11) is 0. The van der Waals surface area contributed by atoms with E-state index in [-0.39, 0.29) is 17.2 Å². The van der Waals surface area contributed by atoms with Crippen LogP contribution in [0.25, 0.3) is 5.69 Å². The first-order chi connectivity index (χ1) is 10.6. The van der Waals surface area contributed by atoms with E-state index in [1.54, 1.807) is 30.4 Å². The van der Waals surface area contributed by atoms with Crippen molar-refractivity contribution in [3.05, 3.63) is 74.7 Å². The van der Waals surface area contributed by atoms with Crippen LogP contribution in [0.15, 0.2) is 52.9 Å². The smallest absolute Gasteiger partial charge is 0.297 e. The van der Waals surface area contributed by atoms with Gasteiger partial charge in [0.1, 0.15) is 5.82 Å². The molecule has 0 aliphatic heterocycles. The Hall–Kier alpha value is -2.47. The lowest BCUT2D eigenvalue weighted by molar-refractivity contribution is 0.617. The first-order valence-corrected chi connectivity index (χ1v) is 7.63. The largest absolute Gasteiger partial charge is 0.361 e. The molecule has 0 spiro atoms. The Morgan fingerprint density at radius 3 is 2.95 bits per heavy atom. The lowest BCUT2D eigenvalue weighted by atomic mass is 10.2. The highest BCUT2D eigenvalue weighted by Crippen LogP contribution is 2.13. The summed E-state index contributed by atoms with van der Waals surface area (Å²) in [6.07, 6.45) is 3.05. The van der Waals surface area contributed by atoms with Gasteiger partial charge in [-0.25, -0.2) is 9.37 Å². The van der Waals surface area contributed by atoms with Gasteiger partial charge in [-0.15, -0.1) is 11.3 Å². The van der Waals surface area contributed by atoms with E-state index >= 15 is 0 Å². The molecule has 0 aliphatic carbocycles. The van der Waals surface area contributed by atoms with E-state index in [9.17, 15) is 9.18 Å². The van der Waals surface area contributed by atoms with E-state index in [0.29, 0.717) is 17.8 Å². The van der Waals surface area contributed by atoms with Crippen molar-refractivity contribution in [2.75, 3.05) is 5.32 Å². The molecule has 22 heavy (non-hydrogen) atoms. The normalized spacial score (nSPS) is 10.6. The monoisotopic (exact) mass is 315 g/mol. The predicted molar refractivity (Wildman–Crippen MR) is 86.2 cm³/mol. The van der Waals surface area contributed by atoms with Gasteiger partial charge >= 0.3 is 0 Å². The van der Waals surface area contributed by atoms with Gasteiger partial charge in [0.15, 0.2) is 5.82 Å². The molecule has 112 valence electrons. The zero-order valence-electron chi connectivity index (χ0n) is 11.9. The molecule has 0 saturated heterocycles. The number of nitrogens with one attached hydrogen (secondary N) is 1. The lowest BCUT2D eigenvalue weighted by Crippen LogP contribution is -2.23. The number of halogens is 1. The fourth-order valence-corrected chi connectivity index (χ4v) is 2.70. The molecule has 3 rings (SSSR count). The fourth-order valence-electron chi connectivity index (χ4n) is 2.05. The number of hydrogen-bond donors (Lipinski definition) is 1. The van der Waals surface area contributed by atoms with Gasteiger partial charge in [-0.05, 0) is 36.1 Å². The number of rotatable bonds is 4. The minimum atomic E-state index is -0.339. The van der Waals surface area contributed by atoms with Crippen molar-refractivity contribution in [3.63, 3.8) is 0 Å². The van der Waals surface area contributed by atoms with Crippen LogP contribution in [-0.4, -0.2) is 9.55 Å². The molecule has 0 unspecified atom stereocenters. The van der Waals surface area contributed by atoms with E-state index in [1.165, 1.54) is 23.0 Å². The standard InChI is InChI=1S/C16H14FN3OS/c1-11-4-5-12(9-14(11)17)20-7-6-18-15(16(20)21)19-10-13-3-2-8-22-13/h2-9H,10H2,1H3,(H,18,19). The number of nitrogens with zero attached hydrogens (tertiary/aromatic N) is 2. The number of aromatic nitrogens is 2. The van der Waals surface area contributed by atoms with Crippen molar-refractivity contribution in [2.24, 2.45) is 0 Å². The van der Waals surface area contributed by atoms with Gasteiger partial charge in [-0.3, -0.25) is 9.36 Å². The summed E-state index contributed by atoms with van der Waals surface area (Å²) in [5.74, 6) is -0.0915. The lowest BCUT2D eigenvalue weighted by Gasteiger charge is -2.09. The Balaban J connectivity index is 1.91. The van der Waals surface area contributed by atoms with Gasteiger partial charge < -0.3 is 5.32 Å². The van der Waals surface area contributed by atoms with Gasteiger partial charge in [0.2, 0.25) is 0 Å². The van der Waals surface area contributed by atoms with Crippen LogP contribution in [0.4, 0.5) is 10.2 Å². The van der Waals surface area contributed by atoms with E-state index in [1.807, 2.05) is 17.5 Å². The second-order valence-corrected chi connectivity index (χ2v) is 5.85. The highest BCUT2D eigenvalue weighted by atomic mass is 32.1. The van der Waals surface area contributed by atoms with Gasteiger partial charge in [0.25, 0.3) is 5.56 Å². The fraction of sp³-hybridized carbons (Fsp3) is 0.125. The predicted octanol–water partition coefficient (Wildman–Crippen LogP) is 3.35. The molecule has 0 amide bonds. The van der Waals surface area contributed by atoms with Crippen molar-refractivity contribution in [1.82, 2.24) is 9.55 Å². The Kier molecular flexibility index (Phi) is 4.02. The van der Waals surface area contributed by atoms with Crippen molar-refractivity contribution < 1.29 is 4.39 Å². The third-order valence-corrected chi connectivity index (χ3v) is 4.16. The van der Waals surface area contributed by atoms with E-state index < -0.39 is 0 Å². The minimum Gasteiger partial charge on any atom is -0.361 e. The number of thiophene rings is 1. The molecule has 1 aromatic carbocycles. The van der Waals surface area contributed by atoms with Crippen molar-refractivity contribution in [2.45, 2.75) is 13.5 Å². The number of anilines is 1. The molecule has 2 heterocycles. The van der Waals surface area contributed by atoms with Crippen molar-refractivity contribution in [1.29, 1.82) is 0 Å². The van der Waals surface area contributed by atoms with Crippen molar-refractivity contribution >= 4 is 17.2 Å². The van der Waals surface area contributed by atoms with E-state index in [2.05, 4.69) is 10.3 Å². The number of aryl methyl sites for hydroxylation is 1. The van der Waals surface area contributed by atoms with Crippen LogP contribution in [0.5, 0.6) is 0 Å². The second-order valence-electron chi connectivity index (χ2n) is 4.82. The molecule has 0 aliphatic rings. The zero-order valence-corrected chi connectivity index (χ0v) is 12.7. The molecule has 0 bridgehead atoms. The molecular formula is C16H14FN3OS. The second kappa shape index (κ2) is 6.11. The maximum atomic E-state index is 13.7. The summed E-state index contributed by atoms with van der Waals surface area (Å²) in [5.41, 5.74) is 0.721. The molecule has 3 aromatic rings. The Labute approximate surface area is 130 Å². The summed E-state index contributed by atoms with van der Waals surface area (Å²) < 4.78 is 15.1. The third kappa shape index (κ3) is 2.92. The molecule has 0 fully saturated rings. The molecule has 4 nitrogen and oxygen atoms in total. The van der Waals surface area contributed by atoms with Gasteiger partial charge in [-0.1, -0.05) is 12.1 Å². The third-order valence-electron chi connectivity index (χ3n) is 3.28. The summed E-state index contributed by atoms with van der Waals surface area (Å²) in [4.78, 5) is 17.6. The van der Waals surface area contributed by atoms with Gasteiger partial charge in [-0.2, -0.15) is 0 Å². The summed E-state index contributed by atoms with van der Waals surface area (Å²) in [5, 5.41) is 5.00. The van der Waals surface area contributed by atoms with Gasteiger partial charge in [0.05, 0.1) is 12.2 Å². The van der Waals surface area contributed by atoms with Crippen LogP contribution >= 0.6 is 11.3 Å². The molecular weight excluding hydrogens is 301 g/mol. The molecule has 6 heteroatoms. The highest BCUT2D eigenvalue weighted by molar-refractivity contribution is 7.09. The Bertz CT molecular complexity index is 843. The maximum absolute atomic E-state index is 13.7. The van der Waals surface area contributed by atoms with Crippen LogP contribution < -0.4 is 10.9 Å². The number of benzene rings is 1. The van der Waals surface area contributed by atoms with Crippen molar-refractivity contribution in [3.8, 4) is 5.69 Å². The molecule has 0 atom stereocenters. The van der Waals surface area contributed by atoms with Crippen LogP contribution in [0.1, 0.15) is 10.4 Å². The molecule has 0 radical (unpaired) electrons. The van der Waals surface area contributed by atoms with Crippen LogP contribution in [0.3, 0.4) is 0 Å². The Morgan fingerprint density at radius 2 is 2.23 bits per heavy atom. The van der Waals surface area contributed by atoms with E-state index in [4.69, 9.17) is 0 Å². The molecule has 1 N–H and O–H groups in total. The van der Waals surface area contributed by atoms with E-state index in [0.717, 1.165) is 4.88 Å². The first kappa shape index (κ1) is 14.5. The average Bonchev–Trinajstić information content (AvgIpc) is 3.02. The minimum absolute atomic E-state index is 0.247. The van der Waals surface area contributed by atoms with Crippen LogP contribution in [-0.2, 0) is 6.54 Å². The SMILES string of the molecule is Cc1ccc(-n2ccnc(NCc3cccs3)c2=O)cc1F. The zero-order chi connectivity index (χ0) is 15.5. The highest BCUT2D eigenvalue weighted by Gasteiger charge is 2.08. The summed E-state index contributed by atoms with van der Waals surface area (Å²) >= 11 is 1.60. The summed E-state index contributed by atoms with van der Waals surface area (Å²) in [6.45, 7) is 2.22. The maximum Gasteiger partial charge on any atom is 0.297 e. The topological polar surface area (TPSA) is 46.9 Å². The van der Waals surface area contributed by atoms with Crippen LogP contribution in [0, 0.1) is 12.7 Å². The Morgan fingerprint density at radius 1 is 1.36 bits per heavy atom. The summed E-state index contributed by atoms with van der Waals surface area (Å²) in [6, 6.07) is 8.64. The first-order valence-electron chi connectivity index (χ1n) is 6.75. The quantitative estimate of drug-likeness (QED) is 0.803. The number of hydrogen-bond acceptors (Lipinski definition) is 4.